The normalized spacial score (nSPS) is 16.0. The van der Waals surface area contributed by atoms with Gasteiger partial charge in [0, 0.05) is 0 Å². The smallest absolute Gasteiger partial charge is 0.338 e. The largest absolute Gasteiger partial charge is 0.455 e. The van der Waals surface area contributed by atoms with E-state index in [0.29, 0.717) is 5.56 Å². The van der Waals surface area contributed by atoms with Gasteiger partial charge in [-0.05, 0) is 32.1 Å². The first-order valence-electron chi connectivity index (χ1n) is 4.97. The summed E-state index contributed by atoms with van der Waals surface area (Å²) in [5.74, 6) is -0.480. The van der Waals surface area contributed by atoms with E-state index >= 15 is 0 Å². The Morgan fingerprint density at radius 2 is 2.14 bits per heavy atom. The number of carbonyl (C=O) groups excluding carboxylic acids is 1. The Hall–Kier alpha value is -1.57. The molecule has 0 radical (unpaired) electrons. The molecule has 1 aromatic carbocycles. The number of rotatable bonds is 3. The monoisotopic (exact) mass is 191 g/mol. The molecule has 14 heavy (non-hydrogen) atoms. The lowest BCUT2D eigenvalue weighted by Crippen LogP contribution is -2.12. The first kappa shape index (κ1) is 9.00. The second-order valence-electron chi connectivity index (χ2n) is 2.87. The van der Waals surface area contributed by atoms with Crippen LogP contribution >= 0.6 is 0 Å². The number of ether oxygens (including phenoxy) is 1. The maximum absolute atomic E-state index is 11.6. The highest BCUT2D eigenvalue weighted by molar-refractivity contribution is 5.89. The predicted molar refractivity (Wildman–Crippen MR) is 56.1 cm³/mol. The Balaban J connectivity index is 2.72. The summed E-state index contributed by atoms with van der Waals surface area (Å²) in [6.45, 7) is 3.30. The molecular formula is C12H14O2. The zero-order chi connectivity index (χ0) is 11.3. The molecule has 0 spiro atoms. The van der Waals surface area contributed by atoms with Gasteiger partial charge in [-0.15, -0.1) is 0 Å². The first-order chi connectivity index (χ1) is 7.05. The minimum Gasteiger partial charge on any atom is -0.455 e. The van der Waals surface area contributed by atoms with Crippen LogP contribution in [0.5, 0.6) is 0 Å². The zero-order valence-electron chi connectivity index (χ0n) is 9.36. The molecule has 0 aliphatic heterocycles. The van der Waals surface area contributed by atoms with Gasteiger partial charge in [-0.1, -0.05) is 24.3 Å². The van der Waals surface area contributed by atoms with Crippen LogP contribution in [-0.2, 0) is 4.74 Å². The molecule has 0 N–H and O–H groups in total. The second kappa shape index (κ2) is 5.22. The standard InChI is InChI=1S/C12H14O2/c1-3-7-10(2)14-12(13)11-8-5-4-6-9-11/h3-10H,1-2H3/b7-3+/t10-/m0/s1/i10D. The van der Waals surface area contributed by atoms with Crippen molar-refractivity contribution >= 4 is 5.97 Å². The van der Waals surface area contributed by atoms with E-state index in [0.717, 1.165) is 0 Å². The van der Waals surface area contributed by atoms with E-state index in [1.165, 1.54) is 13.0 Å². The molecule has 1 aromatic rings. The SMILES string of the molecule is [2H][C@](C)(/C=C/C)OC(=O)c1ccccc1. The van der Waals surface area contributed by atoms with Crippen LogP contribution in [0.25, 0.3) is 0 Å². The van der Waals surface area contributed by atoms with E-state index in [2.05, 4.69) is 0 Å². The molecule has 0 fully saturated rings. The van der Waals surface area contributed by atoms with Gasteiger partial charge in [0.15, 0.2) is 0 Å². The van der Waals surface area contributed by atoms with Crippen molar-refractivity contribution < 1.29 is 10.9 Å². The number of allylic oxidation sites excluding steroid dienone is 1. The van der Waals surface area contributed by atoms with Gasteiger partial charge in [-0.25, -0.2) is 4.79 Å². The number of esters is 1. The fraction of sp³-hybridized carbons (Fsp3) is 0.250. The molecule has 2 heteroatoms. The van der Waals surface area contributed by atoms with Crippen molar-refractivity contribution in [2.75, 3.05) is 0 Å². The highest BCUT2D eigenvalue weighted by atomic mass is 16.5. The Morgan fingerprint density at radius 1 is 1.50 bits per heavy atom. The zero-order valence-corrected chi connectivity index (χ0v) is 8.36. The fourth-order valence-corrected chi connectivity index (χ4v) is 1.05. The summed E-state index contributed by atoms with van der Waals surface area (Å²) in [6, 6.07) is 8.66. The van der Waals surface area contributed by atoms with E-state index in [4.69, 9.17) is 6.11 Å². The van der Waals surface area contributed by atoms with Crippen molar-refractivity contribution in [3.8, 4) is 0 Å². The summed E-state index contributed by atoms with van der Waals surface area (Å²) >= 11 is 0. The van der Waals surface area contributed by atoms with Gasteiger partial charge in [-0.3, -0.25) is 0 Å². The minimum atomic E-state index is -1.30. The number of benzene rings is 1. The van der Waals surface area contributed by atoms with Gasteiger partial charge in [0.25, 0.3) is 0 Å². The summed E-state index contributed by atoms with van der Waals surface area (Å²) in [7, 11) is 0. The van der Waals surface area contributed by atoms with Crippen LogP contribution < -0.4 is 0 Å². The van der Waals surface area contributed by atoms with E-state index in [-0.39, 0.29) is 0 Å². The Labute approximate surface area is 85.6 Å². The lowest BCUT2D eigenvalue weighted by atomic mass is 10.2. The highest BCUT2D eigenvalue weighted by Gasteiger charge is 2.08. The molecule has 0 heterocycles. The van der Waals surface area contributed by atoms with Crippen LogP contribution in [0.1, 0.15) is 25.6 Å². The molecule has 0 aliphatic rings. The van der Waals surface area contributed by atoms with Gasteiger partial charge in [0.05, 0.1) is 6.93 Å². The Bertz CT molecular complexity index is 355. The summed E-state index contributed by atoms with van der Waals surface area (Å²) in [5.41, 5.74) is 0.459. The molecule has 1 atom stereocenters. The van der Waals surface area contributed by atoms with Gasteiger partial charge >= 0.3 is 5.97 Å². The predicted octanol–water partition coefficient (Wildman–Crippen LogP) is 2.81. The quantitative estimate of drug-likeness (QED) is 0.542. The summed E-state index contributed by atoms with van der Waals surface area (Å²) in [4.78, 5) is 11.6. The van der Waals surface area contributed by atoms with Gasteiger partial charge < -0.3 is 4.74 Å². The van der Waals surface area contributed by atoms with Crippen LogP contribution in [0.15, 0.2) is 42.5 Å². The van der Waals surface area contributed by atoms with E-state index in [1.54, 1.807) is 37.3 Å². The van der Waals surface area contributed by atoms with E-state index in [9.17, 15) is 4.79 Å². The molecule has 0 saturated heterocycles. The van der Waals surface area contributed by atoms with Gasteiger partial charge in [0.2, 0.25) is 0 Å². The van der Waals surface area contributed by atoms with E-state index < -0.39 is 12.0 Å². The number of hydrogen-bond donors (Lipinski definition) is 0. The lowest BCUT2D eigenvalue weighted by Gasteiger charge is -2.08. The molecule has 0 aromatic heterocycles. The molecule has 2 nitrogen and oxygen atoms in total. The second-order valence-corrected chi connectivity index (χ2v) is 2.87. The molecule has 74 valence electrons. The maximum atomic E-state index is 11.6. The highest BCUT2D eigenvalue weighted by Crippen LogP contribution is 2.04. The number of carbonyl (C=O) groups is 1. The van der Waals surface area contributed by atoms with Crippen molar-refractivity contribution in [3.05, 3.63) is 48.0 Å². The van der Waals surface area contributed by atoms with Crippen LogP contribution in [0.3, 0.4) is 0 Å². The summed E-state index contributed by atoms with van der Waals surface area (Å²) < 4.78 is 12.7. The van der Waals surface area contributed by atoms with Crippen LogP contribution in [-0.4, -0.2) is 12.0 Å². The molecule has 0 bridgehead atoms. The Kier molecular flexibility index (Phi) is 3.36. The van der Waals surface area contributed by atoms with Gasteiger partial charge in [-0.2, -0.15) is 0 Å². The lowest BCUT2D eigenvalue weighted by molar-refractivity contribution is 0.0424. The summed E-state index contributed by atoms with van der Waals surface area (Å²) in [5, 5.41) is 0. The van der Waals surface area contributed by atoms with Crippen molar-refractivity contribution in [3.63, 3.8) is 0 Å². The molecule has 0 aliphatic carbocycles. The topological polar surface area (TPSA) is 26.3 Å². The minimum absolute atomic E-state index is 0.459. The third-order valence-electron chi connectivity index (χ3n) is 1.66. The number of hydrogen-bond acceptors (Lipinski definition) is 2. The average Bonchev–Trinajstić information content (AvgIpc) is 2.18. The molecular weight excluding hydrogens is 176 g/mol. The maximum Gasteiger partial charge on any atom is 0.338 e. The van der Waals surface area contributed by atoms with Crippen molar-refractivity contribution in [2.45, 2.75) is 19.9 Å². The third-order valence-corrected chi connectivity index (χ3v) is 1.66. The average molecular weight is 191 g/mol. The summed E-state index contributed by atoms with van der Waals surface area (Å²) in [6.07, 6.45) is 1.90. The third kappa shape index (κ3) is 3.05. The van der Waals surface area contributed by atoms with Crippen LogP contribution in [0.4, 0.5) is 0 Å². The van der Waals surface area contributed by atoms with Crippen LogP contribution in [0, 0.1) is 0 Å². The molecule has 0 saturated carbocycles. The fourth-order valence-electron chi connectivity index (χ4n) is 1.05. The molecule has 1 rings (SSSR count). The van der Waals surface area contributed by atoms with Crippen molar-refractivity contribution in [1.29, 1.82) is 0 Å². The van der Waals surface area contributed by atoms with E-state index in [1.807, 2.05) is 6.07 Å². The van der Waals surface area contributed by atoms with Crippen molar-refractivity contribution in [2.24, 2.45) is 0 Å². The van der Waals surface area contributed by atoms with Crippen LogP contribution in [0.2, 0.25) is 0 Å². The van der Waals surface area contributed by atoms with Crippen molar-refractivity contribution in [1.82, 2.24) is 0 Å². The van der Waals surface area contributed by atoms with Gasteiger partial charge in [0.1, 0.15) is 6.08 Å². The molecule has 0 amide bonds. The Morgan fingerprint density at radius 3 is 2.71 bits per heavy atom. The molecule has 0 unspecified atom stereocenters. The first-order valence-corrected chi connectivity index (χ1v) is 4.47.